The molecule has 0 saturated heterocycles. The number of benzene rings is 1. The van der Waals surface area contributed by atoms with Crippen LogP contribution in [0.4, 0.5) is 0 Å². The number of carbonyl (C=O) groups is 1. The number of carbonyl (C=O) groups excluding carboxylic acids is 1. The van der Waals surface area contributed by atoms with Gasteiger partial charge in [0.2, 0.25) is 0 Å². The van der Waals surface area contributed by atoms with Gasteiger partial charge in [0, 0.05) is 23.6 Å². The molecule has 0 radical (unpaired) electrons. The van der Waals surface area contributed by atoms with E-state index in [9.17, 15) is 9.90 Å². The molecule has 0 saturated carbocycles. The van der Waals surface area contributed by atoms with E-state index in [4.69, 9.17) is 9.57 Å². The fourth-order valence-corrected chi connectivity index (χ4v) is 2.72. The number of ether oxygens (including phenoxy) is 1. The van der Waals surface area contributed by atoms with Crippen molar-refractivity contribution in [3.8, 4) is 5.75 Å². The minimum atomic E-state index is -0.678. The van der Waals surface area contributed by atoms with Crippen LogP contribution in [-0.4, -0.2) is 23.1 Å². The maximum atomic E-state index is 11.1. The quantitative estimate of drug-likeness (QED) is 0.831. The normalized spacial score (nSPS) is 18.1. The van der Waals surface area contributed by atoms with E-state index in [1.54, 1.807) is 0 Å². The Bertz CT molecular complexity index is 643. The molecule has 0 unspecified atom stereocenters. The third-order valence-corrected chi connectivity index (χ3v) is 4.00. The van der Waals surface area contributed by atoms with Crippen LogP contribution in [0.15, 0.2) is 17.3 Å². The van der Waals surface area contributed by atoms with Gasteiger partial charge in [-0.1, -0.05) is 46.7 Å². The van der Waals surface area contributed by atoms with E-state index in [0.29, 0.717) is 12.2 Å². The summed E-state index contributed by atoms with van der Waals surface area (Å²) in [5.41, 5.74) is 2.91. The molecule has 1 aromatic carbocycles. The third kappa shape index (κ3) is 3.89. The Morgan fingerprint density at radius 2 is 1.67 bits per heavy atom. The van der Waals surface area contributed by atoms with Gasteiger partial charge >= 0.3 is 5.97 Å². The molecule has 0 aromatic heterocycles. The summed E-state index contributed by atoms with van der Waals surface area (Å²) in [6.45, 7) is 13.7. The molecular formula is C19H27NO4. The smallest absolute Gasteiger partial charge is 0.305 e. The Labute approximate surface area is 143 Å². The largest absolute Gasteiger partial charge is 0.507 e. The lowest BCUT2D eigenvalue weighted by Gasteiger charge is -2.28. The van der Waals surface area contributed by atoms with Crippen molar-refractivity contribution in [2.75, 3.05) is 0 Å². The number of rotatable bonds is 2. The summed E-state index contributed by atoms with van der Waals surface area (Å²) in [6.07, 6.45) is -0.278. The number of phenolic OH excluding ortho intramolecular Hbond substituents is 1. The van der Waals surface area contributed by atoms with Gasteiger partial charge in [0.15, 0.2) is 0 Å². The Kier molecular flexibility index (Phi) is 4.66. The van der Waals surface area contributed by atoms with Crippen LogP contribution in [0, 0.1) is 0 Å². The lowest BCUT2D eigenvalue weighted by Crippen LogP contribution is -2.20. The summed E-state index contributed by atoms with van der Waals surface area (Å²) < 4.78 is 5.06. The highest BCUT2D eigenvalue weighted by Crippen LogP contribution is 2.40. The molecule has 5 nitrogen and oxygen atoms in total. The second-order valence-electron chi connectivity index (χ2n) is 8.31. The molecule has 2 rings (SSSR count). The molecule has 0 aliphatic carbocycles. The first kappa shape index (κ1) is 18.3. The first-order valence-corrected chi connectivity index (χ1v) is 8.18. The molecule has 1 atom stereocenters. The van der Waals surface area contributed by atoms with Crippen molar-refractivity contribution in [3.05, 3.63) is 28.8 Å². The zero-order chi connectivity index (χ0) is 18.3. The topological polar surface area (TPSA) is 68.1 Å². The van der Waals surface area contributed by atoms with E-state index in [1.165, 1.54) is 6.92 Å². The molecule has 0 spiro atoms. The highest BCUT2D eigenvalue weighted by atomic mass is 16.8. The lowest BCUT2D eigenvalue weighted by molar-refractivity contribution is -0.170. The van der Waals surface area contributed by atoms with Crippen LogP contribution in [0.3, 0.4) is 0 Å². The lowest BCUT2D eigenvalue weighted by atomic mass is 9.78. The monoisotopic (exact) mass is 333 g/mol. The number of hydrogen-bond donors (Lipinski definition) is 1. The van der Waals surface area contributed by atoms with Crippen molar-refractivity contribution in [1.82, 2.24) is 0 Å². The van der Waals surface area contributed by atoms with Crippen LogP contribution in [-0.2, 0) is 25.2 Å². The van der Waals surface area contributed by atoms with E-state index >= 15 is 0 Å². The summed E-state index contributed by atoms with van der Waals surface area (Å²) in [7, 11) is 0. The molecule has 1 N–H and O–H groups in total. The summed E-state index contributed by atoms with van der Waals surface area (Å²) in [6, 6.07) is 3.89. The van der Waals surface area contributed by atoms with Gasteiger partial charge in [0.1, 0.15) is 5.75 Å². The Morgan fingerprint density at radius 1 is 1.17 bits per heavy atom. The average Bonchev–Trinajstić information content (AvgIpc) is 2.83. The van der Waals surface area contributed by atoms with Crippen molar-refractivity contribution in [3.63, 3.8) is 0 Å². The van der Waals surface area contributed by atoms with Gasteiger partial charge in [0.25, 0.3) is 6.29 Å². The van der Waals surface area contributed by atoms with E-state index < -0.39 is 12.3 Å². The number of esters is 1. The number of aromatic hydroxyl groups is 1. The van der Waals surface area contributed by atoms with Gasteiger partial charge < -0.3 is 14.7 Å². The molecule has 1 aliphatic heterocycles. The molecule has 0 bridgehead atoms. The molecule has 0 fully saturated rings. The van der Waals surface area contributed by atoms with E-state index in [2.05, 4.69) is 46.7 Å². The SMILES string of the molecule is CC(=O)O[C@@H]1CC(c2cc(C(C)(C)C)c(O)c(C(C)(C)C)c2)=NO1. The first-order chi connectivity index (χ1) is 10.9. The second-order valence-corrected chi connectivity index (χ2v) is 8.31. The van der Waals surface area contributed by atoms with Crippen LogP contribution in [0.2, 0.25) is 0 Å². The first-order valence-electron chi connectivity index (χ1n) is 8.18. The van der Waals surface area contributed by atoms with Gasteiger partial charge in [-0.05, 0) is 23.0 Å². The van der Waals surface area contributed by atoms with Gasteiger partial charge in [-0.15, -0.1) is 0 Å². The van der Waals surface area contributed by atoms with Gasteiger partial charge in [-0.25, -0.2) is 0 Å². The van der Waals surface area contributed by atoms with E-state index in [1.807, 2.05) is 12.1 Å². The summed E-state index contributed by atoms with van der Waals surface area (Å²) in [5, 5.41) is 14.8. The minimum Gasteiger partial charge on any atom is -0.507 e. The summed E-state index contributed by atoms with van der Waals surface area (Å²) in [5.74, 6) is -0.0669. The highest BCUT2D eigenvalue weighted by Gasteiger charge is 2.30. The Morgan fingerprint density at radius 3 is 2.08 bits per heavy atom. The number of hydrogen-bond acceptors (Lipinski definition) is 5. The van der Waals surface area contributed by atoms with Crippen LogP contribution in [0.25, 0.3) is 0 Å². The van der Waals surface area contributed by atoms with Crippen molar-refractivity contribution >= 4 is 11.7 Å². The minimum absolute atomic E-state index is 0.213. The maximum Gasteiger partial charge on any atom is 0.305 e. The van der Waals surface area contributed by atoms with Crippen LogP contribution < -0.4 is 0 Å². The predicted octanol–water partition coefficient (Wildman–Crippen LogP) is 4.00. The number of oxime groups is 1. The second kappa shape index (κ2) is 6.11. The zero-order valence-electron chi connectivity index (χ0n) is 15.6. The molecular weight excluding hydrogens is 306 g/mol. The number of nitrogens with zero attached hydrogens (tertiary/aromatic N) is 1. The molecule has 24 heavy (non-hydrogen) atoms. The summed E-state index contributed by atoms with van der Waals surface area (Å²) in [4.78, 5) is 16.3. The van der Waals surface area contributed by atoms with Crippen molar-refractivity contribution in [2.45, 2.75) is 72.0 Å². The standard InChI is InChI=1S/C19H27NO4/c1-11(21)23-16-10-15(20-24-16)12-8-13(18(2,3)4)17(22)14(9-12)19(5,6)7/h8-9,16,22H,10H2,1-7H3/t16-/m0/s1. The fraction of sp³-hybridized carbons (Fsp3) is 0.579. The molecule has 1 aromatic rings. The van der Waals surface area contributed by atoms with Gasteiger partial charge in [-0.2, -0.15) is 0 Å². The van der Waals surface area contributed by atoms with Crippen molar-refractivity contribution in [1.29, 1.82) is 0 Å². The number of phenols is 1. The zero-order valence-corrected chi connectivity index (χ0v) is 15.6. The van der Waals surface area contributed by atoms with Crippen LogP contribution in [0.1, 0.15) is 71.6 Å². The van der Waals surface area contributed by atoms with E-state index in [0.717, 1.165) is 22.4 Å². The van der Waals surface area contributed by atoms with Crippen LogP contribution >= 0.6 is 0 Å². The highest BCUT2D eigenvalue weighted by molar-refractivity contribution is 6.02. The fourth-order valence-electron chi connectivity index (χ4n) is 2.72. The van der Waals surface area contributed by atoms with Crippen molar-refractivity contribution in [2.24, 2.45) is 5.16 Å². The molecule has 132 valence electrons. The van der Waals surface area contributed by atoms with Gasteiger partial charge in [-0.3, -0.25) is 4.79 Å². The maximum absolute atomic E-state index is 11.1. The average molecular weight is 333 g/mol. The Hall–Kier alpha value is -2.04. The molecule has 1 aliphatic rings. The van der Waals surface area contributed by atoms with Crippen molar-refractivity contribution < 1.29 is 19.5 Å². The Balaban J connectivity index is 2.47. The van der Waals surface area contributed by atoms with Crippen LogP contribution in [0.5, 0.6) is 5.75 Å². The summed E-state index contributed by atoms with van der Waals surface area (Å²) >= 11 is 0. The third-order valence-electron chi connectivity index (χ3n) is 4.00. The predicted molar refractivity (Wildman–Crippen MR) is 93.3 cm³/mol. The molecule has 0 amide bonds. The van der Waals surface area contributed by atoms with E-state index in [-0.39, 0.29) is 10.8 Å². The molecule has 1 heterocycles. The molecule has 5 heteroatoms. The van der Waals surface area contributed by atoms with Gasteiger partial charge in [0.05, 0.1) is 12.1 Å².